The summed E-state index contributed by atoms with van der Waals surface area (Å²) in [6.45, 7) is 7.13. The van der Waals surface area contributed by atoms with Crippen molar-refractivity contribution in [1.29, 1.82) is 0 Å². The van der Waals surface area contributed by atoms with Gasteiger partial charge in [0.15, 0.2) is 10.2 Å². The molecule has 0 radical (unpaired) electrons. The Morgan fingerprint density at radius 2 is 2.07 bits per heavy atom. The van der Waals surface area contributed by atoms with Crippen molar-refractivity contribution < 1.29 is 23.8 Å². The van der Waals surface area contributed by atoms with E-state index in [0.717, 1.165) is 16.6 Å². The number of imidazole rings is 1. The molecule has 0 saturated heterocycles. The Bertz CT molecular complexity index is 1030. The standard InChI is InChI=1S/C20H23N3O5S/c1-11-5-7-13-14(9-11)22-18(21-13)29-16-8-6-12(27-16)10-15(17(24)25)23-19(26)28-20(2,3)4/h5-9,15H,10H2,1-4H3,(H,21,22)(H,23,26)(H,24,25). The lowest BCUT2D eigenvalue weighted by molar-refractivity contribution is -0.139. The smallest absolute Gasteiger partial charge is 0.408 e. The van der Waals surface area contributed by atoms with Crippen LogP contribution in [-0.4, -0.2) is 38.8 Å². The number of carboxylic acids is 1. The van der Waals surface area contributed by atoms with E-state index < -0.39 is 23.7 Å². The van der Waals surface area contributed by atoms with E-state index in [1.54, 1.807) is 32.9 Å². The number of carboxylic acid groups (broad SMARTS) is 1. The van der Waals surface area contributed by atoms with Crippen LogP contribution in [0.4, 0.5) is 4.79 Å². The molecule has 29 heavy (non-hydrogen) atoms. The number of benzene rings is 1. The van der Waals surface area contributed by atoms with E-state index >= 15 is 0 Å². The normalized spacial score (nSPS) is 12.7. The summed E-state index contributed by atoms with van der Waals surface area (Å²) in [5.41, 5.74) is 2.21. The van der Waals surface area contributed by atoms with E-state index in [1.807, 2.05) is 25.1 Å². The summed E-state index contributed by atoms with van der Waals surface area (Å²) in [5, 5.41) is 13.0. The van der Waals surface area contributed by atoms with E-state index in [-0.39, 0.29) is 6.42 Å². The number of ether oxygens (including phenoxy) is 1. The fraction of sp³-hybridized carbons (Fsp3) is 0.350. The Labute approximate surface area is 172 Å². The van der Waals surface area contributed by atoms with Crippen molar-refractivity contribution in [3.8, 4) is 0 Å². The summed E-state index contributed by atoms with van der Waals surface area (Å²) in [5.74, 6) is -0.739. The van der Waals surface area contributed by atoms with Crippen LogP contribution in [0.5, 0.6) is 0 Å². The van der Waals surface area contributed by atoms with Crippen LogP contribution in [0.3, 0.4) is 0 Å². The molecule has 2 heterocycles. The highest BCUT2D eigenvalue weighted by Crippen LogP contribution is 2.29. The molecule has 1 aromatic carbocycles. The quantitative estimate of drug-likeness (QED) is 0.552. The predicted molar refractivity (Wildman–Crippen MR) is 108 cm³/mol. The molecule has 0 spiro atoms. The average Bonchev–Trinajstić information content (AvgIpc) is 3.18. The van der Waals surface area contributed by atoms with Gasteiger partial charge in [0, 0.05) is 6.42 Å². The lowest BCUT2D eigenvalue weighted by atomic mass is 10.1. The number of rotatable bonds is 6. The number of nitrogens with zero attached hydrogens (tertiary/aromatic N) is 1. The summed E-state index contributed by atoms with van der Waals surface area (Å²) < 4.78 is 10.8. The minimum absolute atomic E-state index is 0.00549. The number of aromatic nitrogens is 2. The van der Waals surface area contributed by atoms with Gasteiger partial charge in [0.25, 0.3) is 0 Å². The third kappa shape index (κ3) is 5.77. The van der Waals surface area contributed by atoms with Gasteiger partial charge in [-0.3, -0.25) is 0 Å². The van der Waals surface area contributed by atoms with Gasteiger partial charge in [-0.1, -0.05) is 6.07 Å². The number of hydrogen-bond donors (Lipinski definition) is 3. The van der Waals surface area contributed by atoms with Crippen molar-refractivity contribution in [1.82, 2.24) is 15.3 Å². The van der Waals surface area contributed by atoms with Crippen LogP contribution in [0.15, 0.2) is 45.0 Å². The number of amides is 1. The summed E-state index contributed by atoms with van der Waals surface area (Å²) in [7, 11) is 0. The highest BCUT2D eigenvalue weighted by Gasteiger charge is 2.25. The maximum Gasteiger partial charge on any atom is 0.408 e. The van der Waals surface area contributed by atoms with Gasteiger partial charge in [-0.05, 0) is 69.3 Å². The lowest BCUT2D eigenvalue weighted by Crippen LogP contribution is -2.44. The van der Waals surface area contributed by atoms with Crippen LogP contribution < -0.4 is 5.32 Å². The van der Waals surface area contributed by atoms with E-state index in [4.69, 9.17) is 9.15 Å². The van der Waals surface area contributed by atoms with Crippen LogP contribution >= 0.6 is 11.8 Å². The molecule has 2 aromatic heterocycles. The first-order valence-corrected chi connectivity index (χ1v) is 9.86. The Morgan fingerprint density at radius 3 is 2.76 bits per heavy atom. The maximum absolute atomic E-state index is 11.9. The van der Waals surface area contributed by atoms with Gasteiger partial charge in [-0.2, -0.15) is 0 Å². The van der Waals surface area contributed by atoms with Crippen LogP contribution in [0, 0.1) is 6.92 Å². The van der Waals surface area contributed by atoms with Crippen molar-refractivity contribution >= 4 is 34.9 Å². The van der Waals surface area contributed by atoms with Crippen molar-refractivity contribution in [3.63, 3.8) is 0 Å². The molecule has 3 rings (SSSR count). The summed E-state index contributed by atoms with van der Waals surface area (Å²) >= 11 is 1.30. The first-order chi connectivity index (χ1) is 13.6. The van der Waals surface area contributed by atoms with Gasteiger partial charge < -0.3 is 24.6 Å². The molecule has 9 heteroatoms. The number of aryl methyl sites for hydroxylation is 1. The molecule has 154 valence electrons. The Kier molecular flexibility index (Phi) is 5.88. The highest BCUT2D eigenvalue weighted by atomic mass is 32.2. The van der Waals surface area contributed by atoms with Gasteiger partial charge in [-0.25, -0.2) is 14.6 Å². The molecular weight excluding hydrogens is 394 g/mol. The number of nitrogens with one attached hydrogen (secondary N) is 2. The van der Waals surface area contributed by atoms with Crippen molar-refractivity contribution in [2.75, 3.05) is 0 Å². The van der Waals surface area contributed by atoms with Crippen molar-refractivity contribution in [2.24, 2.45) is 0 Å². The molecule has 3 aromatic rings. The molecule has 0 aliphatic carbocycles. The molecular formula is C20H23N3O5S. The zero-order valence-electron chi connectivity index (χ0n) is 16.6. The van der Waals surface area contributed by atoms with Crippen molar-refractivity contribution in [3.05, 3.63) is 41.7 Å². The number of aromatic amines is 1. The number of H-pyrrole nitrogens is 1. The molecule has 8 nitrogen and oxygen atoms in total. The monoisotopic (exact) mass is 417 g/mol. The SMILES string of the molecule is Cc1ccc2nc(Sc3ccc(CC(NC(=O)OC(C)(C)C)C(=O)O)o3)[nH]c2c1. The van der Waals surface area contributed by atoms with Gasteiger partial charge in [0.05, 0.1) is 11.0 Å². The van der Waals surface area contributed by atoms with E-state index in [1.165, 1.54) is 11.8 Å². The molecule has 1 atom stereocenters. The van der Waals surface area contributed by atoms with E-state index in [2.05, 4.69) is 15.3 Å². The van der Waals surface area contributed by atoms with Gasteiger partial charge in [0.2, 0.25) is 0 Å². The van der Waals surface area contributed by atoms with E-state index in [0.29, 0.717) is 16.0 Å². The maximum atomic E-state index is 11.9. The summed E-state index contributed by atoms with van der Waals surface area (Å²) in [6.07, 6.45) is -0.794. The fourth-order valence-electron chi connectivity index (χ4n) is 2.62. The van der Waals surface area contributed by atoms with Gasteiger partial charge in [0.1, 0.15) is 17.4 Å². The lowest BCUT2D eigenvalue weighted by Gasteiger charge is -2.21. The largest absolute Gasteiger partial charge is 0.480 e. The molecule has 0 aliphatic heterocycles. The number of furan rings is 1. The zero-order valence-corrected chi connectivity index (χ0v) is 17.4. The van der Waals surface area contributed by atoms with Gasteiger partial charge >= 0.3 is 12.1 Å². The predicted octanol–water partition coefficient (Wildman–Crippen LogP) is 4.14. The third-order valence-electron chi connectivity index (χ3n) is 3.84. The number of aliphatic carboxylic acids is 1. The number of carbonyl (C=O) groups is 2. The molecule has 0 fully saturated rings. The second-order valence-electron chi connectivity index (χ2n) is 7.63. The molecule has 0 aliphatic rings. The molecule has 0 saturated carbocycles. The van der Waals surface area contributed by atoms with Gasteiger partial charge in [-0.15, -0.1) is 0 Å². The van der Waals surface area contributed by atoms with Crippen molar-refractivity contribution in [2.45, 2.75) is 56.0 Å². The second-order valence-corrected chi connectivity index (χ2v) is 8.62. The minimum atomic E-state index is -1.17. The third-order valence-corrected chi connectivity index (χ3v) is 4.65. The second kappa shape index (κ2) is 8.20. The van der Waals surface area contributed by atoms with Crippen LogP contribution in [0.25, 0.3) is 11.0 Å². The number of alkyl carbamates (subject to hydrolysis) is 1. The highest BCUT2D eigenvalue weighted by molar-refractivity contribution is 7.99. The Morgan fingerprint density at radius 1 is 1.31 bits per heavy atom. The Balaban J connectivity index is 1.65. The Hall–Kier alpha value is -2.94. The molecule has 0 bridgehead atoms. The first kappa shape index (κ1) is 20.8. The van der Waals surface area contributed by atoms with E-state index in [9.17, 15) is 14.7 Å². The number of hydrogen-bond acceptors (Lipinski definition) is 6. The zero-order chi connectivity index (χ0) is 21.2. The average molecular weight is 417 g/mol. The van der Waals surface area contributed by atoms with Crippen LogP contribution in [0.2, 0.25) is 0 Å². The summed E-state index contributed by atoms with van der Waals surface area (Å²) in [4.78, 5) is 31.1. The number of carbonyl (C=O) groups excluding carboxylic acids is 1. The van der Waals surface area contributed by atoms with Crippen LogP contribution in [-0.2, 0) is 16.0 Å². The van der Waals surface area contributed by atoms with Crippen LogP contribution in [0.1, 0.15) is 32.1 Å². The topological polar surface area (TPSA) is 117 Å². The molecule has 3 N–H and O–H groups in total. The number of fused-ring (bicyclic) bond motifs is 1. The molecule has 1 amide bonds. The summed E-state index contributed by atoms with van der Waals surface area (Å²) in [6, 6.07) is 8.21. The minimum Gasteiger partial charge on any atom is -0.480 e. The molecule has 1 unspecified atom stereocenters. The fourth-order valence-corrected chi connectivity index (χ4v) is 3.40. The first-order valence-electron chi connectivity index (χ1n) is 9.04.